The van der Waals surface area contributed by atoms with Crippen molar-refractivity contribution in [1.29, 1.82) is 0 Å². The molecule has 0 spiro atoms. The van der Waals surface area contributed by atoms with E-state index >= 15 is 0 Å². The number of aromatic nitrogens is 3. The average Bonchev–Trinajstić information content (AvgIpc) is 2.65. The summed E-state index contributed by atoms with van der Waals surface area (Å²) in [5.41, 5.74) is 2.73. The average molecular weight is 201 g/mol. The van der Waals surface area contributed by atoms with E-state index in [9.17, 15) is 4.79 Å². The molecule has 0 amide bonds. The van der Waals surface area contributed by atoms with Gasteiger partial charge in [0.25, 0.3) is 0 Å². The van der Waals surface area contributed by atoms with Crippen LogP contribution >= 0.6 is 0 Å². The molecule has 0 unspecified atom stereocenters. The Hall–Kier alpha value is -1.97. The second-order valence-electron chi connectivity index (χ2n) is 3.45. The fourth-order valence-corrected chi connectivity index (χ4v) is 1.44. The summed E-state index contributed by atoms with van der Waals surface area (Å²) in [6, 6.07) is 8.15. The molecule has 4 nitrogen and oxygen atoms in total. The van der Waals surface area contributed by atoms with Crippen molar-refractivity contribution in [3.63, 3.8) is 0 Å². The van der Waals surface area contributed by atoms with Crippen LogP contribution in [-0.4, -0.2) is 21.3 Å². The molecular formula is C11H11N3O. The lowest BCUT2D eigenvalue weighted by Crippen LogP contribution is -2.00. The number of aryl methyl sites for hydroxylation is 1. The van der Waals surface area contributed by atoms with Gasteiger partial charge in [0.15, 0.2) is 6.29 Å². The summed E-state index contributed by atoms with van der Waals surface area (Å²) in [7, 11) is 0. The molecule has 0 N–H and O–H groups in total. The molecule has 76 valence electrons. The first-order valence-corrected chi connectivity index (χ1v) is 4.69. The number of carbonyl (C=O) groups is 1. The highest BCUT2D eigenvalue weighted by atomic mass is 16.1. The lowest BCUT2D eigenvalue weighted by molar-refractivity contribution is 0.111. The monoisotopic (exact) mass is 201 g/mol. The smallest absolute Gasteiger partial charge is 0.171 e. The zero-order valence-electron chi connectivity index (χ0n) is 8.42. The molecule has 0 saturated heterocycles. The Kier molecular flexibility index (Phi) is 2.58. The second-order valence-corrected chi connectivity index (χ2v) is 3.45. The summed E-state index contributed by atoms with van der Waals surface area (Å²) in [5.74, 6) is 0. The normalized spacial score (nSPS) is 10.2. The molecular weight excluding hydrogens is 190 g/mol. The second kappa shape index (κ2) is 4.04. The first kappa shape index (κ1) is 9.58. The quantitative estimate of drug-likeness (QED) is 0.706. The van der Waals surface area contributed by atoms with Crippen LogP contribution in [0.4, 0.5) is 0 Å². The third-order valence-electron chi connectivity index (χ3n) is 2.10. The van der Waals surface area contributed by atoms with Gasteiger partial charge in [-0.25, -0.2) is 4.68 Å². The van der Waals surface area contributed by atoms with Gasteiger partial charge in [0, 0.05) is 0 Å². The minimum absolute atomic E-state index is 0.364. The molecule has 0 atom stereocenters. The molecule has 0 aliphatic heterocycles. The maximum Gasteiger partial charge on any atom is 0.171 e. The van der Waals surface area contributed by atoms with Crippen molar-refractivity contribution < 1.29 is 4.79 Å². The number of benzene rings is 1. The van der Waals surface area contributed by atoms with Gasteiger partial charge in [0.2, 0.25) is 0 Å². The zero-order valence-corrected chi connectivity index (χ0v) is 8.42. The molecule has 4 heteroatoms. The van der Waals surface area contributed by atoms with Crippen LogP contribution < -0.4 is 0 Å². The predicted octanol–water partition coefficient (Wildman–Crippen LogP) is 1.45. The highest BCUT2D eigenvalue weighted by Gasteiger charge is 1.99. The van der Waals surface area contributed by atoms with Gasteiger partial charge in [-0.15, -0.1) is 5.10 Å². The van der Waals surface area contributed by atoms with Gasteiger partial charge < -0.3 is 0 Å². The Morgan fingerprint density at radius 2 is 2.33 bits per heavy atom. The number of rotatable bonds is 3. The Balaban J connectivity index is 2.18. The molecule has 1 heterocycles. The van der Waals surface area contributed by atoms with E-state index in [2.05, 4.69) is 16.4 Å². The number of carbonyl (C=O) groups excluding carboxylic acids is 1. The Bertz CT molecular complexity index is 476. The molecule has 1 aromatic heterocycles. The van der Waals surface area contributed by atoms with Crippen LogP contribution in [0.1, 0.15) is 21.6 Å². The van der Waals surface area contributed by atoms with E-state index < -0.39 is 0 Å². The van der Waals surface area contributed by atoms with Crippen LogP contribution in [0, 0.1) is 6.92 Å². The van der Waals surface area contributed by atoms with Crippen molar-refractivity contribution in [2.24, 2.45) is 0 Å². The minimum Gasteiger partial charge on any atom is -0.296 e. The van der Waals surface area contributed by atoms with E-state index in [0.717, 1.165) is 5.56 Å². The molecule has 15 heavy (non-hydrogen) atoms. The molecule has 0 radical (unpaired) electrons. The lowest BCUT2D eigenvalue weighted by atomic mass is 10.1. The summed E-state index contributed by atoms with van der Waals surface area (Å²) in [5, 5.41) is 7.55. The molecule has 1 aromatic carbocycles. The number of aldehydes is 1. The van der Waals surface area contributed by atoms with Gasteiger partial charge in [0.1, 0.15) is 5.69 Å². The molecule has 0 bridgehead atoms. The summed E-state index contributed by atoms with van der Waals surface area (Å²) in [6.07, 6.45) is 2.33. The van der Waals surface area contributed by atoms with Crippen molar-refractivity contribution >= 4 is 6.29 Å². The fraction of sp³-hybridized carbons (Fsp3) is 0.182. The van der Waals surface area contributed by atoms with Crippen molar-refractivity contribution in [2.75, 3.05) is 0 Å². The third kappa shape index (κ3) is 2.28. The molecule has 0 saturated carbocycles. The van der Waals surface area contributed by atoms with Gasteiger partial charge in [-0.3, -0.25) is 4.79 Å². The number of hydrogen-bond donors (Lipinski definition) is 0. The van der Waals surface area contributed by atoms with Gasteiger partial charge in [0.05, 0.1) is 12.7 Å². The van der Waals surface area contributed by atoms with Gasteiger partial charge >= 0.3 is 0 Å². The standard InChI is InChI=1S/C11H11N3O/c1-9-3-2-4-10(5-9)6-14-7-11(8-15)12-13-14/h2-5,7-8H,6H2,1H3. The Morgan fingerprint density at radius 3 is 3.00 bits per heavy atom. The van der Waals surface area contributed by atoms with Crippen molar-refractivity contribution in [1.82, 2.24) is 15.0 Å². The maximum absolute atomic E-state index is 10.4. The Labute approximate surface area is 87.5 Å². The highest BCUT2D eigenvalue weighted by molar-refractivity contribution is 5.70. The summed E-state index contributed by atoms with van der Waals surface area (Å²) < 4.78 is 1.65. The van der Waals surface area contributed by atoms with Crippen LogP contribution in [0.5, 0.6) is 0 Å². The third-order valence-corrected chi connectivity index (χ3v) is 2.10. The van der Waals surface area contributed by atoms with Crippen LogP contribution in [0.15, 0.2) is 30.5 Å². The fourth-order valence-electron chi connectivity index (χ4n) is 1.44. The summed E-state index contributed by atoms with van der Waals surface area (Å²) in [6.45, 7) is 2.68. The summed E-state index contributed by atoms with van der Waals surface area (Å²) >= 11 is 0. The zero-order chi connectivity index (χ0) is 10.7. The highest BCUT2D eigenvalue weighted by Crippen LogP contribution is 2.05. The van der Waals surface area contributed by atoms with Crippen LogP contribution in [-0.2, 0) is 6.54 Å². The van der Waals surface area contributed by atoms with Crippen LogP contribution in [0.3, 0.4) is 0 Å². The first-order chi connectivity index (χ1) is 7.28. The molecule has 0 aliphatic rings. The minimum atomic E-state index is 0.364. The van der Waals surface area contributed by atoms with E-state index in [1.54, 1.807) is 10.9 Å². The first-order valence-electron chi connectivity index (χ1n) is 4.69. The topological polar surface area (TPSA) is 47.8 Å². The van der Waals surface area contributed by atoms with Crippen LogP contribution in [0.25, 0.3) is 0 Å². The molecule has 2 aromatic rings. The largest absolute Gasteiger partial charge is 0.296 e. The number of hydrogen-bond acceptors (Lipinski definition) is 3. The van der Waals surface area contributed by atoms with Crippen molar-refractivity contribution in [3.05, 3.63) is 47.3 Å². The lowest BCUT2D eigenvalue weighted by Gasteiger charge is -2.01. The summed E-state index contributed by atoms with van der Waals surface area (Å²) in [4.78, 5) is 10.4. The van der Waals surface area contributed by atoms with E-state index in [-0.39, 0.29) is 0 Å². The van der Waals surface area contributed by atoms with E-state index in [1.165, 1.54) is 5.56 Å². The predicted molar refractivity (Wildman–Crippen MR) is 55.7 cm³/mol. The van der Waals surface area contributed by atoms with E-state index in [1.807, 2.05) is 25.1 Å². The van der Waals surface area contributed by atoms with Crippen molar-refractivity contribution in [3.8, 4) is 0 Å². The van der Waals surface area contributed by atoms with Crippen LogP contribution in [0.2, 0.25) is 0 Å². The molecule has 0 aliphatic carbocycles. The van der Waals surface area contributed by atoms with Gasteiger partial charge in [-0.05, 0) is 12.5 Å². The maximum atomic E-state index is 10.4. The SMILES string of the molecule is Cc1cccc(Cn2cc(C=O)nn2)c1. The molecule has 2 rings (SSSR count). The van der Waals surface area contributed by atoms with Gasteiger partial charge in [-0.2, -0.15) is 0 Å². The Morgan fingerprint density at radius 1 is 1.47 bits per heavy atom. The van der Waals surface area contributed by atoms with E-state index in [4.69, 9.17) is 0 Å². The molecule has 0 fully saturated rings. The van der Waals surface area contributed by atoms with Crippen molar-refractivity contribution in [2.45, 2.75) is 13.5 Å². The van der Waals surface area contributed by atoms with E-state index in [0.29, 0.717) is 18.5 Å². The van der Waals surface area contributed by atoms with Gasteiger partial charge in [-0.1, -0.05) is 35.0 Å². The number of nitrogens with zero attached hydrogens (tertiary/aromatic N) is 3.